The molecule has 0 aliphatic rings. The van der Waals surface area contributed by atoms with Crippen molar-refractivity contribution in [3.8, 4) is 5.69 Å². The number of aromatic nitrogens is 2. The zero-order valence-electron chi connectivity index (χ0n) is 20.9. The zero-order valence-corrected chi connectivity index (χ0v) is 21.7. The molecular formula is C28H25ClF3N3O3. The number of ether oxygens (including phenoxy) is 1. The summed E-state index contributed by atoms with van der Waals surface area (Å²) in [6.45, 7) is 3.65. The molecule has 1 amide bonds. The molecule has 0 radical (unpaired) electrons. The lowest BCUT2D eigenvalue weighted by atomic mass is 10.1. The van der Waals surface area contributed by atoms with Gasteiger partial charge in [0.05, 0.1) is 34.8 Å². The van der Waals surface area contributed by atoms with Crippen LogP contribution in [-0.2, 0) is 10.9 Å². The number of carbonyl (C=O) groups excluding carboxylic acids is 1. The predicted molar refractivity (Wildman–Crippen MR) is 140 cm³/mol. The summed E-state index contributed by atoms with van der Waals surface area (Å²) in [4.78, 5) is 33.5. The fraction of sp³-hybridized carbons (Fsp3) is 0.250. The third-order valence-corrected chi connectivity index (χ3v) is 6.51. The first kappa shape index (κ1) is 27.3. The van der Waals surface area contributed by atoms with Crippen LogP contribution < -0.4 is 5.56 Å². The summed E-state index contributed by atoms with van der Waals surface area (Å²) in [5.74, 6) is -0.405. The third-order valence-electron chi connectivity index (χ3n) is 6.28. The maximum absolute atomic E-state index is 13.8. The minimum atomic E-state index is -4.61. The van der Waals surface area contributed by atoms with Crippen LogP contribution in [0.25, 0.3) is 16.6 Å². The zero-order chi connectivity index (χ0) is 27.6. The molecule has 1 heterocycles. The van der Waals surface area contributed by atoms with Crippen LogP contribution in [0.5, 0.6) is 0 Å². The molecule has 0 saturated carbocycles. The Kier molecular flexibility index (Phi) is 7.89. The molecule has 0 bridgehead atoms. The van der Waals surface area contributed by atoms with E-state index in [1.165, 1.54) is 28.7 Å². The lowest BCUT2D eigenvalue weighted by Gasteiger charge is -2.31. The largest absolute Gasteiger partial charge is 0.416 e. The molecule has 0 saturated heterocycles. The van der Waals surface area contributed by atoms with Crippen molar-refractivity contribution in [3.05, 3.63) is 105 Å². The lowest BCUT2D eigenvalue weighted by Crippen LogP contribution is -2.39. The summed E-state index contributed by atoms with van der Waals surface area (Å²) in [5.41, 5.74) is 0.248. The van der Waals surface area contributed by atoms with Crippen molar-refractivity contribution in [3.63, 3.8) is 0 Å². The van der Waals surface area contributed by atoms with E-state index in [9.17, 15) is 22.8 Å². The molecule has 4 rings (SSSR count). The number of nitrogens with zero attached hydrogens (tertiary/aromatic N) is 3. The first-order valence-electron chi connectivity index (χ1n) is 11.8. The Hall–Kier alpha value is -3.69. The first-order chi connectivity index (χ1) is 18.0. The number of aryl methyl sites for hydroxylation is 1. The van der Waals surface area contributed by atoms with Crippen LogP contribution in [0.15, 0.2) is 71.5 Å². The minimum absolute atomic E-state index is 0.0506. The van der Waals surface area contributed by atoms with E-state index in [0.29, 0.717) is 27.2 Å². The molecule has 0 fully saturated rings. The van der Waals surface area contributed by atoms with Crippen LogP contribution in [0.4, 0.5) is 13.2 Å². The fourth-order valence-corrected chi connectivity index (χ4v) is 4.55. The number of hydrogen-bond acceptors (Lipinski definition) is 4. The van der Waals surface area contributed by atoms with Crippen LogP contribution in [0.2, 0.25) is 5.02 Å². The molecule has 3 aromatic carbocycles. The van der Waals surface area contributed by atoms with Gasteiger partial charge in [0.1, 0.15) is 5.82 Å². The number of fused-ring (bicyclic) bond motifs is 1. The van der Waals surface area contributed by atoms with Crippen molar-refractivity contribution in [1.29, 1.82) is 0 Å². The van der Waals surface area contributed by atoms with Gasteiger partial charge in [0.2, 0.25) is 0 Å². The molecule has 10 heteroatoms. The SMILES string of the molecule is COCCN(C(=O)c1cccc(C(F)(F)F)c1)C(C)c1nc2ccccc2c(=O)n1-c1ccc(Cl)cc1C. The van der Waals surface area contributed by atoms with Crippen molar-refractivity contribution in [1.82, 2.24) is 14.5 Å². The van der Waals surface area contributed by atoms with Gasteiger partial charge in [-0.1, -0.05) is 29.8 Å². The van der Waals surface area contributed by atoms with Gasteiger partial charge in [0.15, 0.2) is 0 Å². The molecule has 1 aromatic heterocycles. The summed E-state index contributed by atoms with van der Waals surface area (Å²) in [6.07, 6.45) is -4.61. The van der Waals surface area contributed by atoms with E-state index in [0.717, 1.165) is 12.1 Å². The Balaban J connectivity index is 1.91. The fourth-order valence-electron chi connectivity index (χ4n) is 4.33. The average Bonchev–Trinajstić information content (AvgIpc) is 2.89. The highest BCUT2D eigenvalue weighted by Crippen LogP contribution is 2.31. The van der Waals surface area contributed by atoms with Gasteiger partial charge in [0, 0.05) is 24.2 Å². The number of benzene rings is 3. The van der Waals surface area contributed by atoms with Crippen molar-refractivity contribution < 1.29 is 22.7 Å². The van der Waals surface area contributed by atoms with Crippen LogP contribution in [0.3, 0.4) is 0 Å². The number of alkyl halides is 3. The van der Waals surface area contributed by atoms with E-state index in [2.05, 4.69) is 0 Å². The predicted octanol–water partition coefficient (Wildman–Crippen LogP) is 6.22. The lowest BCUT2D eigenvalue weighted by molar-refractivity contribution is -0.137. The Morgan fingerprint density at radius 1 is 1.11 bits per heavy atom. The topological polar surface area (TPSA) is 64.4 Å². The van der Waals surface area contributed by atoms with E-state index in [-0.39, 0.29) is 30.1 Å². The number of hydrogen-bond donors (Lipinski definition) is 0. The highest BCUT2D eigenvalue weighted by Gasteiger charge is 2.33. The summed E-state index contributed by atoms with van der Waals surface area (Å²) in [7, 11) is 1.46. The molecule has 6 nitrogen and oxygen atoms in total. The smallest absolute Gasteiger partial charge is 0.383 e. The van der Waals surface area contributed by atoms with Gasteiger partial charge in [-0.15, -0.1) is 0 Å². The van der Waals surface area contributed by atoms with Crippen molar-refractivity contribution in [2.24, 2.45) is 0 Å². The van der Waals surface area contributed by atoms with Crippen LogP contribution in [-0.4, -0.2) is 40.6 Å². The maximum atomic E-state index is 13.8. The third kappa shape index (κ3) is 5.44. The van der Waals surface area contributed by atoms with Crippen LogP contribution >= 0.6 is 11.6 Å². The maximum Gasteiger partial charge on any atom is 0.416 e. The molecule has 0 spiro atoms. The van der Waals surface area contributed by atoms with Gasteiger partial charge in [-0.05, 0) is 67.9 Å². The van der Waals surface area contributed by atoms with Gasteiger partial charge in [-0.25, -0.2) is 4.98 Å². The summed E-state index contributed by atoms with van der Waals surface area (Å²) >= 11 is 6.15. The quantitative estimate of drug-likeness (QED) is 0.278. The van der Waals surface area contributed by atoms with E-state index >= 15 is 0 Å². The molecular weight excluding hydrogens is 519 g/mol. The van der Waals surface area contributed by atoms with Crippen molar-refractivity contribution >= 4 is 28.4 Å². The molecule has 0 N–H and O–H groups in total. The van der Waals surface area contributed by atoms with Gasteiger partial charge in [-0.3, -0.25) is 14.2 Å². The van der Waals surface area contributed by atoms with Crippen LogP contribution in [0, 0.1) is 6.92 Å². The number of halogens is 4. The van der Waals surface area contributed by atoms with Gasteiger partial charge >= 0.3 is 6.18 Å². The Morgan fingerprint density at radius 2 is 1.84 bits per heavy atom. The van der Waals surface area contributed by atoms with E-state index in [4.69, 9.17) is 21.3 Å². The summed E-state index contributed by atoms with van der Waals surface area (Å²) < 4.78 is 46.7. The van der Waals surface area contributed by atoms with E-state index in [1.54, 1.807) is 56.3 Å². The standard InChI is InChI=1S/C28H25ClF3N3O3/c1-17-15-21(29)11-12-24(17)35-25(33-23-10-5-4-9-22(23)27(35)37)18(2)34(13-14-38-3)26(36)19-7-6-8-20(16-19)28(30,31)32/h4-12,15-16,18H,13-14H2,1-3H3. The Morgan fingerprint density at radius 3 is 2.53 bits per heavy atom. The average molecular weight is 544 g/mol. The normalized spacial score (nSPS) is 12.5. The monoisotopic (exact) mass is 543 g/mol. The second-order valence-electron chi connectivity index (χ2n) is 8.80. The molecule has 1 unspecified atom stereocenters. The van der Waals surface area contributed by atoms with Gasteiger partial charge < -0.3 is 9.64 Å². The Labute approximate surface area is 222 Å². The number of rotatable bonds is 7. The number of amides is 1. The summed E-state index contributed by atoms with van der Waals surface area (Å²) in [6, 6.07) is 15.3. The van der Waals surface area contributed by atoms with E-state index < -0.39 is 23.7 Å². The van der Waals surface area contributed by atoms with Gasteiger partial charge in [-0.2, -0.15) is 13.2 Å². The summed E-state index contributed by atoms with van der Waals surface area (Å²) in [5, 5.41) is 0.870. The number of methoxy groups -OCH3 is 1. The second-order valence-corrected chi connectivity index (χ2v) is 9.24. The molecule has 0 aliphatic heterocycles. The Bertz CT molecular complexity index is 1550. The highest BCUT2D eigenvalue weighted by molar-refractivity contribution is 6.30. The molecule has 0 aliphatic carbocycles. The number of para-hydroxylation sites is 1. The first-order valence-corrected chi connectivity index (χ1v) is 12.2. The van der Waals surface area contributed by atoms with E-state index in [1.807, 2.05) is 0 Å². The molecule has 4 aromatic rings. The molecule has 38 heavy (non-hydrogen) atoms. The van der Waals surface area contributed by atoms with Crippen molar-refractivity contribution in [2.45, 2.75) is 26.1 Å². The molecule has 198 valence electrons. The highest BCUT2D eigenvalue weighted by atomic mass is 35.5. The van der Waals surface area contributed by atoms with Crippen molar-refractivity contribution in [2.75, 3.05) is 20.3 Å². The molecule has 1 atom stereocenters. The van der Waals surface area contributed by atoms with Crippen LogP contribution in [0.1, 0.15) is 40.3 Å². The second kappa shape index (κ2) is 11.0. The number of carbonyl (C=O) groups is 1. The minimum Gasteiger partial charge on any atom is -0.383 e. The van der Waals surface area contributed by atoms with Gasteiger partial charge in [0.25, 0.3) is 11.5 Å².